The van der Waals surface area contributed by atoms with E-state index in [0.29, 0.717) is 0 Å². The number of benzene rings is 1. The lowest BCUT2D eigenvalue weighted by atomic mass is 10.2. The number of thioether (sulfide) groups is 1. The highest BCUT2D eigenvalue weighted by Crippen LogP contribution is 2.16. The molecular weight excluding hydrogens is 250 g/mol. The maximum atomic E-state index is 11.7. The van der Waals surface area contributed by atoms with Crippen molar-refractivity contribution in [2.45, 2.75) is 25.5 Å². The smallest absolute Gasteiger partial charge is 0.304 e. The summed E-state index contributed by atoms with van der Waals surface area (Å²) in [7, 11) is 0. The normalized spacial score (nSPS) is 11.9. The van der Waals surface area contributed by atoms with Crippen LogP contribution in [0.4, 0.5) is 5.69 Å². The Kier molecular flexibility index (Phi) is 5.71. The molecular formula is C13H17NO3S. The van der Waals surface area contributed by atoms with Gasteiger partial charge in [-0.25, -0.2) is 0 Å². The second-order valence-electron chi connectivity index (χ2n) is 4.08. The number of para-hydroxylation sites is 1. The maximum Gasteiger partial charge on any atom is 0.304 e. The third kappa shape index (κ3) is 5.23. The second kappa shape index (κ2) is 7.06. The summed E-state index contributed by atoms with van der Waals surface area (Å²) in [6, 6.07) is 7.55. The van der Waals surface area contributed by atoms with Gasteiger partial charge in [0.15, 0.2) is 0 Å². The summed E-state index contributed by atoms with van der Waals surface area (Å²) in [5, 5.41) is 11.4. The average Bonchev–Trinajstić information content (AvgIpc) is 2.29. The summed E-state index contributed by atoms with van der Waals surface area (Å²) in [6.45, 7) is 3.73. The molecule has 1 atom stereocenters. The number of anilines is 1. The minimum atomic E-state index is -0.839. The van der Waals surface area contributed by atoms with Gasteiger partial charge >= 0.3 is 5.97 Å². The Labute approximate surface area is 111 Å². The quantitative estimate of drug-likeness (QED) is 0.831. The van der Waals surface area contributed by atoms with Gasteiger partial charge in [0.2, 0.25) is 5.91 Å². The fraction of sp³-hybridized carbons (Fsp3) is 0.385. The molecule has 0 spiro atoms. The van der Waals surface area contributed by atoms with E-state index in [0.717, 1.165) is 11.3 Å². The first-order valence-electron chi connectivity index (χ1n) is 5.68. The molecule has 0 saturated heterocycles. The van der Waals surface area contributed by atoms with Crippen LogP contribution in [0.15, 0.2) is 24.3 Å². The van der Waals surface area contributed by atoms with Crippen molar-refractivity contribution >= 4 is 29.3 Å². The summed E-state index contributed by atoms with van der Waals surface area (Å²) < 4.78 is 0. The Morgan fingerprint density at radius 2 is 2.06 bits per heavy atom. The van der Waals surface area contributed by atoms with Crippen molar-refractivity contribution < 1.29 is 14.7 Å². The van der Waals surface area contributed by atoms with E-state index in [9.17, 15) is 9.59 Å². The molecule has 1 unspecified atom stereocenters. The minimum absolute atomic E-state index is 0.0647. The van der Waals surface area contributed by atoms with E-state index in [2.05, 4.69) is 5.32 Å². The number of nitrogens with one attached hydrogen (secondary N) is 1. The fourth-order valence-electron chi connectivity index (χ4n) is 1.42. The number of carbonyl (C=O) groups is 2. The first-order valence-corrected chi connectivity index (χ1v) is 6.73. The molecule has 0 radical (unpaired) electrons. The highest BCUT2D eigenvalue weighted by molar-refractivity contribution is 8.00. The zero-order chi connectivity index (χ0) is 13.5. The van der Waals surface area contributed by atoms with Crippen LogP contribution in [0.3, 0.4) is 0 Å². The Morgan fingerprint density at radius 1 is 1.39 bits per heavy atom. The Balaban J connectivity index is 2.39. The van der Waals surface area contributed by atoms with Crippen molar-refractivity contribution in [2.75, 3.05) is 11.1 Å². The monoisotopic (exact) mass is 267 g/mol. The van der Waals surface area contributed by atoms with Crippen molar-refractivity contribution in [3.63, 3.8) is 0 Å². The van der Waals surface area contributed by atoms with Gasteiger partial charge in [0, 0.05) is 10.9 Å². The van der Waals surface area contributed by atoms with Gasteiger partial charge in [0.1, 0.15) is 0 Å². The molecule has 0 aliphatic carbocycles. The Morgan fingerprint density at radius 3 is 2.67 bits per heavy atom. The largest absolute Gasteiger partial charge is 0.481 e. The van der Waals surface area contributed by atoms with E-state index in [1.807, 2.05) is 31.2 Å². The summed E-state index contributed by atoms with van der Waals surface area (Å²) >= 11 is 1.35. The second-order valence-corrected chi connectivity index (χ2v) is 5.51. The molecule has 5 heteroatoms. The average molecular weight is 267 g/mol. The van der Waals surface area contributed by atoms with Crippen LogP contribution in [-0.4, -0.2) is 28.0 Å². The summed E-state index contributed by atoms with van der Waals surface area (Å²) in [4.78, 5) is 22.2. The van der Waals surface area contributed by atoms with E-state index in [4.69, 9.17) is 5.11 Å². The molecule has 1 amide bonds. The molecule has 1 aromatic carbocycles. The maximum absolute atomic E-state index is 11.7. The SMILES string of the molecule is Cc1ccccc1NC(=O)CSC(C)CC(=O)O. The third-order valence-corrected chi connectivity index (χ3v) is 3.54. The number of carbonyl (C=O) groups excluding carboxylic acids is 1. The fourth-order valence-corrected chi connectivity index (χ4v) is 2.19. The van der Waals surface area contributed by atoms with Crippen LogP contribution in [0.25, 0.3) is 0 Å². The number of aryl methyl sites for hydroxylation is 1. The lowest BCUT2D eigenvalue weighted by Crippen LogP contribution is -2.17. The van der Waals surface area contributed by atoms with Crippen molar-refractivity contribution in [2.24, 2.45) is 0 Å². The number of aliphatic carboxylic acids is 1. The molecule has 0 bridgehead atoms. The van der Waals surface area contributed by atoms with Crippen molar-refractivity contribution in [1.29, 1.82) is 0 Å². The van der Waals surface area contributed by atoms with Gasteiger partial charge in [-0.1, -0.05) is 25.1 Å². The summed E-state index contributed by atoms with van der Waals surface area (Å²) in [5.41, 5.74) is 1.81. The lowest BCUT2D eigenvalue weighted by molar-refractivity contribution is -0.136. The molecule has 0 aliphatic heterocycles. The standard InChI is InChI=1S/C13H17NO3S/c1-9-5-3-4-6-11(9)14-12(15)8-18-10(2)7-13(16)17/h3-6,10H,7-8H2,1-2H3,(H,14,15)(H,16,17). The molecule has 0 saturated carbocycles. The molecule has 0 fully saturated rings. The molecule has 4 nitrogen and oxygen atoms in total. The van der Waals surface area contributed by atoms with Crippen LogP contribution in [-0.2, 0) is 9.59 Å². The van der Waals surface area contributed by atoms with Gasteiger partial charge < -0.3 is 10.4 Å². The Bertz CT molecular complexity index is 434. The van der Waals surface area contributed by atoms with Crippen molar-refractivity contribution in [1.82, 2.24) is 0 Å². The number of amides is 1. The minimum Gasteiger partial charge on any atom is -0.481 e. The van der Waals surface area contributed by atoms with Crippen LogP contribution in [0.5, 0.6) is 0 Å². The van der Waals surface area contributed by atoms with E-state index < -0.39 is 5.97 Å². The van der Waals surface area contributed by atoms with Crippen LogP contribution in [0.1, 0.15) is 18.9 Å². The lowest BCUT2D eigenvalue weighted by Gasteiger charge is -2.10. The van der Waals surface area contributed by atoms with E-state index >= 15 is 0 Å². The zero-order valence-corrected chi connectivity index (χ0v) is 11.3. The summed E-state index contributed by atoms with van der Waals surface area (Å²) in [6.07, 6.45) is 0.0717. The van der Waals surface area contributed by atoms with Gasteiger partial charge in [-0.3, -0.25) is 9.59 Å². The first-order chi connectivity index (χ1) is 8.49. The molecule has 0 heterocycles. The number of hydrogen-bond acceptors (Lipinski definition) is 3. The predicted octanol–water partition coefficient (Wildman–Crippen LogP) is 2.53. The van der Waals surface area contributed by atoms with E-state index in [-0.39, 0.29) is 23.3 Å². The molecule has 2 N–H and O–H groups in total. The predicted molar refractivity (Wildman–Crippen MR) is 74.0 cm³/mol. The molecule has 0 aromatic heterocycles. The highest BCUT2D eigenvalue weighted by atomic mass is 32.2. The number of rotatable bonds is 6. The van der Waals surface area contributed by atoms with Crippen molar-refractivity contribution in [3.8, 4) is 0 Å². The number of carboxylic acid groups (broad SMARTS) is 1. The summed E-state index contributed by atoms with van der Waals surface area (Å²) in [5.74, 6) is -0.677. The van der Waals surface area contributed by atoms with Gasteiger partial charge in [-0.05, 0) is 18.6 Å². The van der Waals surface area contributed by atoms with Crippen LogP contribution in [0, 0.1) is 6.92 Å². The van der Waals surface area contributed by atoms with Gasteiger partial charge in [0.25, 0.3) is 0 Å². The number of carboxylic acids is 1. The zero-order valence-electron chi connectivity index (χ0n) is 10.5. The van der Waals surface area contributed by atoms with Crippen LogP contribution in [0.2, 0.25) is 0 Å². The topological polar surface area (TPSA) is 66.4 Å². The molecule has 1 rings (SSSR count). The molecule has 18 heavy (non-hydrogen) atoms. The first kappa shape index (κ1) is 14.6. The molecule has 1 aromatic rings. The third-order valence-electron chi connectivity index (χ3n) is 2.38. The molecule has 98 valence electrons. The van der Waals surface area contributed by atoms with Gasteiger partial charge in [-0.15, -0.1) is 11.8 Å². The van der Waals surface area contributed by atoms with Gasteiger partial charge in [-0.2, -0.15) is 0 Å². The van der Waals surface area contributed by atoms with E-state index in [1.165, 1.54) is 11.8 Å². The van der Waals surface area contributed by atoms with Gasteiger partial charge in [0.05, 0.1) is 12.2 Å². The molecule has 0 aliphatic rings. The van der Waals surface area contributed by atoms with Crippen LogP contribution >= 0.6 is 11.8 Å². The van der Waals surface area contributed by atoms with Crippen LogP contribution < -0.4 is 5.32 Å². The number of hydrogen-bond donors (Lipinski definition) is 2. The van der Waals surface area contributed by atoms with Crippen molar-refractivity contribution in [3.05, 3.63) is 29.8 Å². The highest BCUT2D eigenvalue weighted by Gasteiger charge is 2.11. The Hall–Kier alpha value is -1.49. The van der Waals surface area contributed by atoms with E-state index in [1.54, 1.807) is 6.92 Å².